The van der Waals surface area contributed by atoms with E-state index in [1.807, 2.05) is 13.8 Å². The first-order valence-corrected chi connectivity index (χ1v) is 7.43. The molecule has 0 saturated carbocycles. The zero-order valence-corrected chi connectivity index (χ0v) is 11.4. The highest BCUT2D eigenvalue weighted by molar-refractivity contribution is 7.90. The summed E-state index contributed by atoms with van der Waals surface area (Å²) in [4.78, 5) is 11.9. The van der Waals surface area contributed by atoms with Crippen LogP contribution in [-0.4, -0.2) is 20.5 Å². The molecule has 0 radical (unpaired) electrons. The Morgan fingerprint density at radius 2 is 1.71 bits per heavy atom. The number of carbonyl (C=O) groups excluding carboxylic acids is 1. The highest BCUT2D eigenvalue weighted by atomic mass is 32.2. The van der Waals surface area contributed by atoms with Crippen molar-refractivity contribution in [2.75, 3.05) is 6.26 Å². The number of carbonyl (C=O) groups is 1. The van der Waals surface area contributed by atoms with Gasteiger partial charge in [0.15, 0.2) is 9.84 Å². The molecule has 0 heterocycles. The number of rotatable bonds is 4. The van der Waals surface area contributed by atoms with Gasteiger partial charge in [-0.15, -0.1) is 0 Å². The highest BCUT2D eigenvalue weighted by Gasteiger charge is 2.26. The fraction of sp³-hybridized carbons (Fsp3) is 0.462. The maximum absolute atomic E-state index is 11.7. The average Bonchev–Trinajstić information content (AvgIpc) is 2.15. The van der Waals surface area contributed by atoms with E-state index in [4.69, 9.17) is 0 Å². The number of sulfone groups is 1. The first kappa shape index (κ1) is 13.9. The van der Waals surface area contributed by atoms with Gasteiger partial charge in [0, 0.05) is 12.2 Å². The summed E-state index contributed by atoms with van der Waals surface area (Å²) in [5, 5.41) is 0. The SMILES string of the molecule is CC(=O)C(c1ccccc1S(C)(=O)=O)C(C)C. The van der Waals surface area contributed by atoms with Crippen molar-refractivity contribution in [3.8, 4) is 0 Å². The van der Waals surface area contributed by atoms with E-state index in [1.165, 1.54) is 13.2 Å². The summed E-state index contributed by atoms with van der Waals surface area (Å²) in [5.41, 5.74) is 0.609. The molecule has 0 aliphatic carbocycles. The van der Waals surface area contributed by atoms with Gasteiger partial charge in [-0.2, -0.15) is 0 Å². The summed E-state index contributed by atoms with van der Waals surface area (Å²) >= 11 is 0. The van der Waals surface area contributed by atoms with Crippen LogP contribution in [-0.2, 0) is 14.6 Å². The molecule has 1 aromatic carbocycles. The molecular formula is C13H18O3S. The minimum atomic E-state index is -3.30. The van der Waals surface area contributed by atoms with Crippen molar-refractivity contribution in [3.63, 3.8) is 0 Å². The monoisotopic (exact) mass is 254 g/mol. The van der Waals surface area contributed by atoms with Crippen molar-refractivity contribution in [2.24, 2.45) is 5.92 Å². The Bertz CT molecular complexity index is 515. The summed E-state index contributed by atoms with van der Waals surface area (Å²) in [6.45, 7) is 5.35. The molecule has 0 fully saturated rings. The largest absolute Gasteiger partial charge is 0.299 e. The molecule has 0 N–H and O–H groups in total. The quantitative estimate of drug-likeness (QED) is 0.829. The van der Waals surface area contributed by atoms with E-state index in [0.29, 0.717) is 5.56 Å². The van der Waals surface area contributed by atoms with Crippen LogP contribution in [0, 0.1) is 5.92 Å². The smallest absolute Gasteiger partial charge is 0.175 e. The second kappa shape index (κ2) is 5.00. The minimum Gasteiger partial charge on any atom is -0.299 e. The lowest BCUT2D eigenvalue weighted by molar-refractivity contribution is -0.119. The van der Waals surface area contributed by atoms with Gasteiger partial charge in [0.05, 0.1) is 4.90 Å². The number of ketones is 1. The molecule has 0 spiro atoms. The standard InChI is InChI=1S/C13H18O3S/c1-9(2)13(10(3)14)11-7-5-6-8-12(11)17(4,15)16/h5-9,13H,1-4H3. The third kappa shape index (κ3) is 3.16. The third-order valence-electron chi connectivity index (χ3n) is 2.76. The van der Waals surface area contributed by atoms with E-state index in [0.717, 1.165) is 0 Å². The topological polar surface area (TPSA) is 51.2 Å². The van der Waals surface area contributed by atoms with Crippen molar-refractivity contribution >= 4 is 15.6 Å². The maximum Gasteiger partial charge on any atom is 0.175 e. The molecule has 1 atom stereocenters. The second-order valence-electron chi connectivity index (χ2n) is 4.64. The summed E-state index contributed by atoms with van der Waals surface area (Å²) in [6.07, 6.45) is 1.17. The van der Waals surface area contributed by atoms with Crippen LogP contribution >= 0.6 is 0 Å². The first-order valence-electron chi connectivity index (χ1n) is 5.54. The van der Waals surface area contributed by atoms with Gasteiger partial charge in [-0.05, 0) is 24.5 Å². The molecule has 0 aliphatic heterocycles. The van der Waals surface area contributed by atoms with Gasteiger partial charge < -0.3 is 0 Å². The van der Waals surface area contributed by atoms with E-state index >= 15 is 0 Å². The van der Waals surface area contributed by atoms with E-state index < -0.39 is 9.84 Å². The highest BCUT2D eigenvalue weighted by Crippen LogP contribution is 2.30. The van der Waals surface area contributed by atoms with Crippen LogP contribution in [0.3, 0.4) is 0 Å². The lowest BCUT2D eigenvalue weighted by Gasteiger charge is -2.20. The summed E-state index contributed by atoms with van der Waals surface area (Å²) in [5.74, 6) is -0.285. The molecule has 1 aromatic rings. The Hall–Kier alpha value is -1.16. The Morgan fingerprint density at radius 1 is 1.18 bits per heavy atom. The van der Waals surface area contributed by atoms with Crippen molar-refractivity contribution in [3.05, 3.63) is 29.8 Å². The van der Waals surface area contributed by atoms with Gasteiger partial charge in [-0.25, -0.2) is 8.42 Å². The summed E-state index contributed by atoms with van der Waals surface area (Å²) in [7, 11) is -3.30. The molecule has 17 heavy (non-hydrogen) atoms. The average molecular weight is 254 g/mol. The Labute approximate surface area is 103 Å². The van der Waals surface area contributed by atoms with E-state index in [9.17, 15) is 13.2 Å². The summed E-state index contributed by atoms with van der Waals surface area (Å²) in [6, 6.07) is 6.73. The van der Waals surface area contributed by atoms with E-state index in [-0.39, 0.29) is 22.5 Å². The normalized spacial score (nSPS) is 13.7. The number of hydrogen-bond donors (Lipinski definition) is 0. The van der Waals surface area contributed by atoms with Gasteiger partial charge in [-0.1, -0.05) is 32.0 Å². The Kier molecular flexibility index (Phi) is 4.09. The third-order valence-corrected chi connectivity index (χ3v) is 3.93. The van der Waals surface area contributed by atoms with Crippen LogP contribution in [0.1, 0.15) is 32.3 Å². The number of Topliss-reactive ketones (excluding diaryl/α,β-unsaturated/α-hetero) is 1. The van der Waals surface area contributed by atoms with Crippen molar-refractivity contribution < 1.29 is 13.2 Å². The van der Waals surface area contributed by atoms with Crippen molar-refractivity contribution in [1.29, 1.82) is 0 Å². The number of benzene rings is 1. The van der Waals surface area contributed by atoms with Gasteiger partial charge in [-0.3, -0.25) is 4.79 Å². The molecule has 0 amide bonds. The fourth-order valence-corrected chi connectivity index (χ4v) is 3.07. The molecule has 0 bridgehead atoms. The lowest BCUT2D eigenvalue weighted by atomic mass is 9.85. The molecular weight excluding hydrogens is 236 g/mol. The van der Waals surface area contributed by atoms with Crippen LogP contribution in [0.2, 0.25) is 0 Å². The van der Waals surface area contributed by atoms with Gasteiger partial charge in [0.25, 0.3) is 0 Å². The van der Waals surface area contributed by atoms with Gasteiger partial charge in [0.2, 0.25) is 0 Å². The fourth-order valence-electron chi connectivity index (χ4n) is 2.12. The molecule has 3 nitrogen and oxygen atoms in total. The molecule has 0 saturated heterocycles. The zero-order valence-electron chi connectivity index (χ0n) is 10.6. The van der Waals surface area contributed by atoms with E-state index in [2.05, 4.69) is 0 Å². The molecule has 0 aromatic heterocycles. The zero-order chi connectivity index (χ0) is 13.2. The molecule has 4 heteroatoms. The molecule has 1 unspecified atom stereocenters. The van der Waals surface area contributed by atoms with Crippen LogP contribution in [0.4, 0.5) is 0 Å². The Morgan fingerprint density at radius 3 is 2.12 bits per heavy atom. The van der Waals surface area contributed by atoms with Crippen LogP contribution in [0.15, 0.2) is 29.2 Å². The molecule has 0 aliphatic rings. The van der Waals surface area contributed by atoms with Crippen molar-refractivity contribution in [1.82, 2.24) is 0 Å². The van der Waals surface area contributed by atoms with Crippen LogP contribution < -0.4 is 0 Å². The first-order chi connectivity index (χ1) is 7.75. The predicted molar refractivity (Wildman–Crippen MR) is 67.8 cm³/mol. The van der Waals surface area contributed by atoms with Gasteiger partial charge in [0.1, 0.15) is 5.78 Å². The molecule has 1 rings (SSSR count). The van der Waals surface area contributed by atoms with E-state index in [1.54, 1.807) is 24.3 Å². The van der Waals surface area contributed by atoms with Crippen molar-refractivity contribution in [2.45, 2.75) is 31.6 Å². The Balaban J connectivity index is 3.45. The minimum absolute atomic E-state index is 0.00361. The van der Waals surface area contributed by atoms with Crippen LogP contribution in [0.5, 0.6) is 0 Å². The predicted octanol–water partition coefficient (Wildman–Crippen LogP) is 2.42. The maximum atomic E-state index is 11.7. The van der Waals surface area contributed by atoms with Crippen LogP contribution in [0.25, 0.3) is 0 Å². The number of hydrogen-bond acceptors (Lipinski definition) is 3. The lowest BCUT2D eigenvalue weighted by Crippen LogP contribution is -2.18. The molecule has 94 valence electrons. The second-order valence-corrected chi connectivity index (χ2v) is 6.63. The van der Waals surface area contributed by atoms with Gasteiger partial charge >= 0.3 is 0 Å². The summed E-state index contributed by atoms with van der Waals surface area (Å²) < 4.78 is 23.4.